The number of ether oxygens (including phenoxy) is 1. The molecule has 1 fully saturated rings. The molecule has 1 saturated carbocycles. The topological polar surface area (TPSA) is 56.1 Å². The molecule has 0 bridgehead atoms. The third kappa shape index (κ3) is 4.60. The van der Waals surface area contributed by atoms with Crippen LogP contribution in [0.2, 0.25) is 0 Å². The molecule has 5 nitrogen and oxygen atoms in total. The fourth-order valence-electron chi connectivity index (χ4n) is 3.57. The average molecular weight is 375 g/mol. The molecule has 1 aliphatic rings. The Labute approximate surface area is 165 Å². The van der Waals surface area contributed by atoms with Gasteiger partial charge in [-0.3, -0.25) is 4.79 Å². The number of pyridine rings is 1. The summed E-state index contributed by atoms with van der Waals surface area (Å²) in [5, 5.41) is 2.98. The van der Waals surface area contributed by atoms with Crippen molar-refractivity contribution < 1.29 is 9.53 Å². The Morgan fingerprint density at radius 1 is 1.04 bits per heavy atom. The number of benzene rings is 1. The standard InChI is InChI=1S/C23H25N3O2/c27-23(21-11-6-14-26(21)17-18-7-2-1-3-8-18)25-16-19-12-13-22(24-15-19)28-20-9-4-5-10-20/h1-3,6-8,11-15,20H,4-5,9-10,16-17H2,(H,25,27). The summed E-state index contributed by atoms with van der Waals surface area (Å²) in [6.45, 7) is 1.11. The summed E-state index contributed by atoms with van der Waals surface area (Å²) < 4.78 is 7.85. The zero-order chi connectivity index (χ0) is 19.2. The van der Waals surface area contributed by atoms with Gasteiger partial charge in [-0.2, -0.15) is 0 Å². The van der Waals surface area contributed by atoms with E-state index in [9.17, 15) is 4.79 Å². The van der Waals surface area contributed by atoms with Crippen molar-refractivity contribution in [2.45, 2.75) is 44.9 Å². The zero-order valence-corrected chi connectivity index (χ0v) is 15.9. The Morgan fingerprint density at radius 3 is 2.61 bits per heavy atom. The second-order valence-corrected chi connectivity index (χ2v) is 7.22. The Kier molecular flexibility index (Phi) is 5.71. The van der Waals surface area contributed by atoms with Crippen LogP contribution in [0.15, 0.2) is 67.0 Å². The van der Waals surface area contributed by atoms with Crippen LogP contribution < -0.4 is 10.1 Å². The quantitative estimate of drug-likeness (QED) is 0.674. The van der Waals surface area contributed by atoms with Crippen molar-refractivity contribution in [1.29, 1.82) is 0 Å². The third-order valence-electron chi connectivity index (χ3n) is 5.10. The van der Waals surface area contributed by atoms with Crippen molar-refractivity contribution in [1.82, 2.24) is 14.9 Å². The molecule has 0 radical (unpaired) electrons. The number of nitrogens with zero attached hydrogens (tertiary/aromatic N) is 2. The van der Waals surface area contributed by atoms with Gasteiger partial charge >= 0.3 is 0 Å². The smallest absolute Gasteiger partial charge is 0.268 e. The molecular weight excluding hydrogens is 350 g/mol. The van der Waals surface area contributed by atoms with Gasteiger partial charge in [0, 0.05) is 31.5 Å². The Hall–Kier alpha value is -3.08. The van der Waals surface area contributed by atoms with E-state index in [1.54, 1.807) is 6.20 Å². The highest BCUT2D eigenvalue weighted by Gasteiger charge is 2.17. The highest BCUT2D eigenvalue weighted by atomic mass is 16.5. The Balaban J connectivity index is 1.32. The lowest BCUT2D eigenvalue weighted by Gasteiger charge is -2.12. The number of hydrogen-bond donors (Lipinski definition) is 1. The fourth-order valence-corrected chi connectivity index (χ4v) is 3.57. The monoisotopic (exact) mass is 375 g/mol. The van der Waals surface area contributed by atoms with Crippen molar-refractivity contribution in [3.8, 4) is 5.88 Å². The molecule has 1 N–H and O–H groups in total. The van der Waals surface area contributed by atoms with Crippen molar-refractivity contribution in [2.75, 3.05) is 0 Å². The van der Waals surface area contributed by atoms with Crippen LogP contribution >= 0.6 is 0 Å². The highest BCUT2D eigenvalue weighted by Crippen LogP contribution is 2.22. The molecule has 1 aromatic carbocycles. The fraction of sp³-hybridized carbons (Fsp3) is 0.304. The third-order valence-corrected chi connectivity index (χ3v) is 5.10. The van der Waals surface area contributed by atoms with Crippen molar-refractivity contribution >= 4 is 5.91 Å². The molecule has 0 aliphatic heterocycles. The summed E-state index contributed by atoms with van der Waals surface area (Å²) in [5.41, 5.74) is 2.76. The van der Waals surface area contributed by atoms with Crippen LogP contribution in [-0.4, -0.2) is 21.6 Å². The first-order chi connectivity index (χ1) is 13.8. The van der Waals surface area contributed by atoms with E-state index in [1.807, 2.05) is 53.2 Å². The molecular formula is C23H25N3O2. The number of amides is 1. The summed E-state index contributed by atoms with van der Waals surface area (Å²) in [6, 6.07) is 17.7. The minimum atomic E-state index is -0.0905. The van der Waals surface area contributed by atoms with Crippen LogP contribution in [0.3, 0.4) is 0 Å². The van der Waals surface area contributed by atoms with Crippen molar-refractivity contribution in [3.05, 3.63) is 83.8 Å². The van der Waals surface area contributed by atoms with E-state index in [0.29, 0.717) is 30.8 Å². The maximum Gasteiger partial charge on any atom is 0.268 e. The van der Waals surface area contributed by atoms with Crippen LogP contribution in [0.25, 0.3) is 0 Å². The summed E-state index contributed by atoms with van der Waals surface area (Å²) in [5.74, 6) is 0.575. The normalized spacial score (nSPS) is 14.1. The average Bonchev–Trinajstić information content (AvgIpc) is 3.40. The summed E-state index contributed by atoms with van der Waals surface area (Å²) in [4.78, 5) is 17.0. The second-order valence-electron chi connectivity index (χ2n) is 7.22. The minimum absolute atomic E-state index is 0.0905. The van der Waals surface area contributed by atoms with Gasteiger partial charge in [0.25, 0.3) is 5.91 Å². The lowest BCUT2D eigenvalue weighted by molar-refractivity contribution is 0.0942. The number of carbonyl (C=O) groups is 1. The molecule has 0 atom stereocenters. The summed E-state index contributed by atoms with van der Waals surface area (Å²) in [7, 11) is 0. The van der Waals surface area contributed by atoms with Crippen LogP contribution in [0, 0.1) is 0 Å². The van der Waals surface area contributed by atoms with Gasteiger partial charge in [0.05, 0.1) is 0 Å². The SMILES string of the molecule is O=C(NCc1ccc(OC2CCCC2)nc1)c1cccn1Cc1ccccc1. The van der Waals surface area contributed by atoms with E-state index in [-0.39, 0.29) is 5.91 Å². The first-order valence-corrected chi connectivity index (χ1v) is 9.87. The molecule has 144 valence electrons. The zero-order valence-electron chi connectivity index (χ0n) is 15.9. The van der Waals surface area contributed by atoms with E-state index in [0.717, 1.165) is 24.0 Å². The number of nitrogens with one attached hydrogen (secondary N) is 1. The van der Waals surface area contributed by atoms with Gasteiger partial charge in [0.15, 0.2) is 0 Å². The van der Waals surface area contributed by atoms with Crippen LogP contribution in [-0.2, 0) is 13.1 Å². The molecule has 5 heteroatoms. The van der Waals surface area contributed by atoms with E-state index >= 15 is 0 Å². The number of carbonyl (C=O) groups excluding carboxylic acids is 1. The van der Waals surface area contributed by atoms with E-state index in [1.165, 1.54) is 12.8 Å². The maximum atomic E-state index is 12.6. The molecule has 1 amide bonds. The van der Waals surface area contributed by atoms with Gasteiger partial charge in [0.1, 0.15) is 11.8 Å². The van der Waals surface area contributed by atoms with Crippen molar-refractivity contribution in [2.24, 2.45) is 0 Å². The maximum absolute atomic E-state index is 12.6. The van der Waals surface area contributed by atoms with Gasteiger partial charge in [0.2, 0.25) is 5.88 Å². The molecule has 2 aromatic heterocycles. The van der Waals surface area contributed by atoms with Gasteiger partial charge in [-0.15, -0.1) is 0 Å². The first kappa shape index (κ1) is 18.3. The van der Waals surface area contributed by atoms with Crippen LogP contribution in [0.4, 0.5) is 0 Å². The molecule has 0 unspecified atom stereocenters. The molecule has 3 aromatic rings. The first-order valence-electron chi connectivity index (χ1n) is 9.87. The van der Waals surface area contributed by atoms with Crippen LogP contribution in [0.5, 0.6) is 5.88 Å². The highest BCUT2D eigenvalue weighted by molar-refractivity contribution is 5.92. The Bertz CT molecular complexity index is 897. The van der Waals surface area contributed by atoms with E-state index < -0.39 is 0 Å². The van der Waals surface area contributed by atoms with Gasteiger partial charge in [-0.1, -0.05) is 36.4 Å². The minimum Gasteiger partial charge on any atom is -0.474 e. The lowest BCUT2D eigenvalue weighted by Crippen LogP contribution is -2.25. The Morgan fingerprint density at radius 2 is 1.86 bits per heavy atom. The molecule has 4 rings (SSSR count). The predicted molar refractivity (Wildman–Crippen MR) is 108 cm³/mol. The number of hydrogen-bond acceptors (Lipinski definition) is 3. The second kappa shape index (κ2) is 8.74. The number of aromatic nitrogens is 2. The molecule has 1 aliphatic carbocycles. The summed E-state index contributed by atoms with van der Waals surface area (Å²) >= 11 is 0. The van der Waals surface area contributed by atoms with Crippen molar-refractivity contribution in [3.63, 3.8) is 0 Å². The predicted octanol–water partition coefficient (Wildman–Crippen LogP) is 4.18. The lowest BCUT2D eigenvalue weighted by atomic mass is 10.2. The largest absolute Gasteiger partial charge is 0.474 e. The summed E-state index contributed by atoms with van der Waals surface area (Å²) in [6.07, 6.45) is 8.70. The van der Waals surface area contributed by atoms with E-state index in [2.05, 4.69) is 22.4 Å². The van der Waals surface area contributed by atoms with Gasteiger partial charge in [-0.05, 0) is 48.9 Å². The molecule has 0 saturated heterocycles. The van der Waals surface area contributed by atoms with Gasteiger partial charge in [-0.25, -0.2) is 4.98 Å². The van der Waals surface area contributed by atoms with Crippen LogP contribution in [0.1, 0.15) is 47.3 Å². The molecule has 0 spiro atoms. The number of rotatable bonds is 7. The van der Waals surface area contributed by atoms with E-state index in [4.69, 9.17) is 4.74 Å². The molecule has 2 heterocycles. The molecule has 28 heavy (non-hydrogen) atoms. The van der Waals surface area contributed by atoms with Gasteiger partial charge < -0.3 is 14.6 Å².